The van der Waals surface area contributed by atoms with Crippen LogP contribution in [0.4, 0.5) is 0 Å². The average molecular weight is 325 g/mol. The predicted octanol–water partition coefficient (Wildman–Crippen LogP) is 3.80. The summed E-state index contributed by atoms with van der Waals surface area (Å²) < 4.78 is 6.77. The van der Waals surface area contributed by atoms with Crippen molar-refractivity contribution in [1.82, 2.24) is 0 Å². The highest BCUT2D eigenvalue weighted by atomic mass is 79.9. The van der Waals surface area contributed by atoms with Gasteiger partial charge < -0.3 is 10.5 Å². The molecule has 0 spiro atoms. The van der Waals surface area contributed by atoms with E-state index in [1.807, 2.05) is 18.2 Å². The van der Waals surface area contributed by atoms with Gasteiger partial charge in [0.05, 0.1) is 12.7 Å². The Labute approximate surface area is 123 Å². The van der Waals surface area contributed by atoms with Crippen LogP contribution in [0.5, 0.6) is 5.75 Å². The Hall–Kier alpha value is -1.05. The summed E-state index contributed by atoms with van der Waals surface area (Å²) in [6.07, 6.45) is 4.21. The minimum Gasteiger partial charge on any atom is -0.494 e. The van der Waals surface area contributed by atoms with Gasteiger partial charge >= 0.3 is 0 Å². The zero-order valence-corrected chi connectivity index (χ0v) is 12.9. The molecular formula is C15H21BrN2O. The van der Waals surface area contributed by atoms with E-state index in [4.69, 9.17) is 15.7 Å². The summed E-state index contributed by atoms with van der Waals surface area (Å²) in [4.78, 5) is 0. The molecule has 0 radical (unpaired) electrons. The number of benzene rings is 1. The quantitative estimate of drug-likeness (QED) is 0.740. The largest absolute Gasteiger partial charge is 0.494 e. The van der Waals surface area contributed by atoms with Crippen LogP contribution in [-0.2, 0) is 6.42 Å². The zero-order chi connectivity index (χ0) is 14.1. The molecule has 0 aliphatic heterocycles. The van der Waals surface area contributed by atoms with E-state index in [2.05, 4.69) is 28.9 Å². The number of nitrogens with zero attached hydrogens (tertiary/aromatic N) is 1. The molecule has 0 heterocycles. The van der Waals surface area contributed by atoms with Gasteiger partial charge in [-0.15, -0.1) is 0 Å². The van der Waals surface area contributed by atoms with Crippen LogP contribution in [0.1, 0.15) is 38.2 Å². The maximum Gasteiger partial charge on any atom is 0.119 e. The monoisotopic (exact) mass is 324 g/mol. The van der Waals surface area contributed by atoms with Gasteiger partial charge in [-0.25, -0.2) is 0 Å². The van der Waals surface area contributed by atoms with Crippen molar-refractivity contribution in [2.75, 3.05) is 6.61 Å². The van der Waals surface area contributed by atoms with Crippen molar-refractivity contribution in [3.63, 3.8) is 0 Å². The molecule has 0 fully saturated rings. The Kier molecular flexibility index (Phi) is 7.54. The molecule has 2 N–H and O–H groups in total. The lowest BCUT2D eigenvalue weighted by atomic mass is 10.0. The molecule has 104 valence electrons. The first kappa shape index (κ1) is 16.0. The molecule has 1 unspecified atom stereocenters. The lowest BCUT2D eigenvalue weighted by Crippen LogP contribution is -2.21. The molecule has 0 aliphatic carbocycles. The minimum absolute atomic E-state index is 0.183. The van der Waals surface area contributed by atoms with Crippen molar-refractivity contribution in [2.45, 2.75) is 45.1 Å². The Morgan fingerprint density at radius 2 is 2.21 bits per heavy atom. The molecule has 0 amide bonds. The number of rotatable bonds is 8. The van der Waals surface area contributed by atoms with Crippen molar-refractivity contribution in [3.8, 4) is 11.8 Å². The fourth-order valence-corrected chi connectivity index (χ4v) is 2.13. The van der Waals surface area contributed by atoms with E-state index in [1.165, 1.54) is 5.56 Å². The molecule has 1 atom stereocenters. The SMILES string of the molecule is CCC(N)Cc1cc(OCCCCC#N)ccc1Br. The molecular weight excluding hydrogens is 304 g/mol. The summed E-state index contributed by atoms with van der Waals surface area (Å²) in [5.41, 5.74) is 7.17. The molecule has 4 heteroatoms. The van der Waals surface area contributed by atoms with Gasteiger partial charge in [-0.1, -0.05) is 22.9 Å². The van der Waals surface area contributed by atoms with Gasteiger partial charge in [-0.3, -0.25) is 0 Å². The number of nitriles is 1. The van der Waals surface area contributed by atoms with E-state index < -0.39 is 0 Å². The van der Waals surface area contributed by atoms with Gasteiger partial charge in [0.1, 0.15) is 5.75 Å². The van der Waals surface area contributed by atoms with Gasteiger partial charge in [0.25, 0.3) is 0 Å². The van der Waals surface area contributed by atoms with Crippen molar-refractivity contribution in [1.29, 1.82) is 5.26 Å². The van der Waals surface area contributed by atoms with E-state index in [-0.39, 0.29) is 6.04 Å². The summed E-state index contributed by atoms with van der Waals surface area (Å²) in [7, 11) is 0. The first-order chi connectivity index (χ1) is 9.17. The van der Waals surface area contributed by atoms with Crippen LogP contribution in [0.25, 0.3) is 0 Å². The van der Waals surface area contributed by atoms with Crippen molar-refractivity contribution < 1.29 is 4.74 Å². The van der Waals surface area contributed by atoms with Gasteiger partial charge in [-0.05, 0) is 49.4 Å². The molecule has 19 heavy (non-hydrogen) atoms. The van der Waals surface area contributed by atoms with Crippen molar-refractivity contribution in [3.05, 3.63) is 28.2 Å². The third-order valence-corrected chi connectivity index (χ3v) is 3.75. The third-order valence-electron chi connectivity index (χ3n) is 2.98. The van der Waals surface area contributed by atoms with Gasteiger partial charge in [0, 0.05) is 16.9 Å². The number of nitrogens with two attached hydrogens (primary N) is 1. The van der Waals surface area contributed by atoms with Crippen LogP contribution >= 0.6 is 15.9 Å². The van der Waals surface area contributed by atoms with Gasteiger partial charge in [-0.2, -0.15) is 5.26 Å². The van der Waals surface area contributed by atoms with E-state index in [0.29, 0.717) is 13.0 Å². The maximum atomic E-state index is 8.45. The Balaban J connectivity index is 2.51. The number of hydrogen-bond acceptors (Lipinski definition) is 3. The first-order valence-electron chi connectivity index (χ1n) is 6.71. The van der Waals surface area contributed by atoms with E-state index >= 15 is 0 Å². The van der Waals surface area contributed by atoms with Crippen LogP contribution in [0, 0.1) is 11.3 Å². The Bertz CT molecular complexity index is 429. The van der Waals surface area contributed by atoms with E-state index in [9.17, 15) is 0 Å². The van der Waals surface area contributed by atoms with Gasteiger partial charge in [0.2, 0.25) is 0 Å². The predicted molar refractivity (Wildman–Crippen MR) is 81.1 cm³/mol. The summed E-state index contributed by atoms with van der Waals surface area (Å²) in [5, 5.41) is 8.45. The maximum absolute atomic E-state index is 8.45. The molecule has 1 aromatic carbocycles. The highest BCUT2D eigenvalue weighted by Crippen LogP contribution is 2.24. The average Bonchev–Trinajstić information content (AvgIpc) is 2.41. The smallest absolute Gasteiger partial charge is 0.119 e. The standard InChI is InChI=1S/C15H21BrN2O/c1-2-13(18)10-12-11-14(6-7-15(12)16)19-9-5-3-4-8-17/h6-7,11,13H,2-5,9-10,18H2,1H3. The highest BCUT2D eigenvalue weighted by Gasteiger charge is 2.07. The molecule has 1 rings (SSSR count). The minimum atomic E-state index is 0.183. The summed E-state index contributed by atoms with van der Waals surface area (Å²) in [5.74, 6) is 0.874. The van der Waals surface area contributed by atoms with Crippen molar-refractivity contribution in [2.24, 2.45) is 5.73 Å². The van der Waals surface area contributed by atoms with Crippen LogP contribution < -0.4 is 10.5 Å². The summed E-state index contributed by atoms with van der Waals surface area (Å²) in [6, 6.07) is 8.32. The number of ether oxygens (including phenoxy) is 1. The first-order valence-corrected chi connectivity index (χ1v) is 7.50. The second-order valence-corrected chi connectivity index (χ2v) is 5.44. The van der Waals surface area contributed by atoms with Gasteiger partial charge in [0.15, 0.2) is 0 Å². The summed E-state index contributed by atoms with van der Waals surface area (Å²) in [6.45, 7) is 2.75. The summed E-state index contributed by atoms with van der Waals surface area (Å²) >= 11 is 3.54. The number of hydrogen-bond donors (Lipinski definition) is 1. The molecule has 0 aromatic heterocycles. The topological polar surface area (TPSA) is 59.0 Å². The van der Waals surface area contributed by atoms with E-state index in [1.54, 1.807) is 0 Å². The lowest BCUT2D eigenvalue weighted by molar-refractivity contribution is 0.307. The second kappa shape index (κ2) is 8.95. The molecule has 0 saturated carbocycles. The van der Waals surface area contributed by atoms with E-state index in [0.717, 1.165) is 35.9 Å². The fourth-order valence-electron chi connectivity index (χ4n) is 1.72. The number of halogens is 1. The van der Waals surface area contributed by atoms with Crippen LogP contribution in [-0.4, -0.2) is 12.6 Å². The molecule has 0 bridgehead atoms. The zero-order valence-electron chi connectivity index (χ0n) is 11.4. The molecule has 1 aromatic rings. The van der Waals surface area contributed by atoms with Crippen molar-refractivity contribution >= 4 is 15.9 Å². The Morgan fingerprint density at radius 1 is 1.42 bits per heavy atom. The number of unbranched alkanes of at least 4 members (excludes halogenated alkanes) is 2. The second-order valence-electron chi connectivity index (χ2n) is 4.59. The normalized spacial score (nSPS) is 11.9. The van der Waals surface area contributed by atoms with Crippen LogP contribution in [0.3, 0.4) is 0 Å². The third kappa shape index (κ3) is 6.09. The fraction of sp³-hybridized carbons (Fsp3) is 0.533. The molecule has 3 nitrogen and oxygen atoms in total. The molecule has 0 aliphatic rings. The highest BCUT2D eigenvalue weighted by molar-refractivity contribution is 9.10. The van der Waals surface area contributed by atoms with Crippen LogP contribution in [0.15, 0.2) is 22.7 Å². The Morgan fingerprint density at radius 3 is 2.89 bits per heavy atom. The van der Waals surface area contributed by atoms with Crippen LogP contribution in [0.2, 0.25) is 0 Å². The molecule has 0 saturated heterocycles. The lowest BCUT2D eigenvalue weighted by Gasteiger charge is -2.12.